The zero-order valence-corrected chi connectivity index (χ0v) is 13.9. The molecule has 9 nitrogen and oxygen atoms in total. The Kier molecular flexibility index (Phi) is 5.88. The molecule has 2 aromatic rings. The molecule has 124 valence electrons. The van der Waals surface area contributed by atoms with Crippen molar-refractivity contribution in [3.8, 4) is 0 Å². The largest absolute Gasteiger partial charge is 0.383 e. The third-order valence-corrected chi connectivity index (χ3v) is 3.76. The minimum Gasteiger partial charge on any atom is -0.383 e. The van der Waals surface area contributed by atoms with Crippen molar-refractivity contribution in [2.75, 3.05) is 26.0 Å². The molecule has 3 amide bonds. The summed E-state index contributed by atoms with van der Waals surface area (Å²) in [5.41, 5.74) is 1.53. The van der Waals surface area contributed by atoms with Gasteiger partial charge in [0.25, 0.3) is 0 Å². The molecule has 10 heteroatoms. The van der Waals surface area contributed by atoms with Crippen LogP contribution in [0.15, 0.2) is 11.2 Å². The predicted molar refractivity (Wildman–Crippen MR) is 84.4 cm³/mol. The lowest BCUT2D eigenvalue weighted by Gasteiger charge is -2.06. The van der Waals surface area contributed by atoms with Gasteiger partial charge in [-0.15, -0.1) is 10.2 Å². The van der Waals surface area contributed by atoms with Gasteiger partial charge in [0, 0.05) is 25.4 Å². The number of fused-ring (bicyclic) bond motifs is 1. The maximum atomic E-state index is 11.8. The van der Waals surface area contributed by atoms with E-state index in [2.05, 4.69) is 25.8 Å². The molecule has 0 spiro atoms. The maximum Gasteiger partial charge on any atom is 0.321 e. The Hall–Kier alpha value is -2.20. The van der Waals surface area contributed by atoms with Gasteiger partial charge in [-0.3, -0.25) is 14.5 Å². The summed E-state index contributed by atoms with van der Waals surface area (Å²) in [4.78, 5) is 27.5. The zero-order valence-electron chi connectivity index (χ0n) is 13.1. The van der Waals surface area contributed by atoms with Crippen LogP contribution in [0, 0.1) is 13.8 Å². The van der Waals surface area contributed by atoms with Crippen LogP contribution < -0.4 is 10.6 Å². The second-order valence-electron chi connectivity index (χ2n) is 4.71. The SMILES string of the molecule is COCCNC(=O)NC(=O)CSc1nnc2cc(C)nc(C)n12. The Labute approximate surface area is 137 Å². The molecule has 0 unspecified atom stereocenters. The number of aromatic nitrogens is 4. The average Bonchev–Trinajstić information content (AvgIpc) is 2.88. The Morgan fingerprint density at radius 2 is 2.13 bits per heavy atom. The summed E-state index contributed by atoms with van der Waals surface area (Å²) in [6, 6.07) is 1.26. The van der Waals surface area contributed by atoms with E-state index in [0.29, 0.717) is 24.0 Å². The number of thioether (sulfide) groups is 1. The molecule has 0 radical (unpaired) electrons. The first kappa shape index (κ1) is 17.2. The van der Waals surface area contributed by atoms with E-state index in [1.54, 1.807) is 4.40 Å². The normalized spacial score (nSPS) is 10.7. The van der Waals surface area contributed by atoms with Crippen molar-refractivity contribution in [3.63, 3.8) is 0 Å². The van der Waals surface area contributed by atoms with Crippen LogP contribution in [-0.4, -0.2) is 57.5 Å². The molecule has 0 bridgehead atoms. The zero-order chi connectivity index (χ0) is 16.8. The number of aryl methyl sites for hydroxylation is 2. The lowest BCUT2D eigenvalue weighted by molar-refractivity contribution is -0.117. The summed E-state index contributed by atoms with van der Waals surface area (Å²) in [5.74, 6) is 0.371. The Morgan fingerprint density at radius 3 is 2.87 bits per heavy atom. The van der Waals surface area contributed by atoms with Crippen molar-refractivity contribution in [2.24, 2.45) is 0 Å². The molecule has 2 heterocycles. The standard InChI is InChI=1S/C13H18N6O3S/c1-8-6-10-17-18-13(19(10)9(2)15-8)23-7-11(20)16-12(21)14-4-5-22-3/h6H,4-5,7H2,1-3H3,(H2,14,16,20,21). The molecule has 0 atom stereocenters. The second kappa shape index (κ2) is 7.88. The van der Waals surface area contributed by atoms with Gasteiger partial charge in [0.1, 0.15) is 5.82 Å². The van der Waals surface area contributed by atoms with Gasteiger partial charge >= 0.3 is 6.03 Å². The van der Waals surface area contributed by atoms with Crippen LogP contribution in [0.4, 0.5) is 4.79 Å². The second-order valence-corrected chi connectivity index (χ2v) is 5.65. The van der Waals surface area contributed by atoms with E-state index in [1.807, 2.05) is 19.9 Å². The first-order chi connectivity index (χ1) is 11.0. The van der Waals surface area contributed by atoms with Crippen molar-refractivity contribution < 1.29 is 14.3 Å². The average molecular weight is 338 g/mol. The van der Waals surface area contributed by atoms with E-state index in [4.69, 9.17) is 4.74 Å². The first-order valence-corrected chi connectivity index (χ1v) is 7.88. The van der Waals surface area contributed by atoms with E-state index in [0.717, 1.165) is 11.5 Å². The van der Waals surface area contributed by atoms with Crippen LogP contribution in [0.1, 0.15) is 11.5 Å². The number of hydrogen-bond acceptors (Lipinski definition) is 7. The number of nitrogens with zero attached hydrogens (tertiary/aromatic N) is 4. The van der Waals surface area contributed by atoms with Crippen molar-refractivity contribution in [1.29, 1.82) is 0 Å². The molecule has 0 aliphatic rings. The molecule has 0 aliphatic carbocycles. The van der Waals surface area contributed by atoms with Crippen molar-refractivity contribution >= 4 is 29.3 Å². The molecule has 0 fully saturated rings. The van der Waals surface area contributed by atoms with Crippen LogP contribution in [0.3, 0.4) is 0 Å². The van der Waals surface area contributed by atoms with Crippen LogP contribution in [0.5, 0.6) is 0 Å². The van der Waals surface area contributed by atoms with Gasteiger partial charge in [-0.1, -0.05) is 11.8 Å². The molecular weight excluding hydrogens is 320 g/mol. The fraction of sp³-hybridized carbons (Fsp3) is 0.462. The molecule has 23 heavy (non-hydrogen) atoms. The number of methoxy groups -OCH3 is 1. The third kappa shape index (κ3) is 4.63. The number of carbonyl (C=O) groups is 2. The summed E-state index contributed by atoms with van der Waals surface area (Å²) in [6.07, 6.45) is 0. The quantitative estimate of drug-likeness (QED) is 0.576. The minimum atomic E-state index is -0.549. The van der Waals surface area contributed by atoms with Gasteiger partial charge in [-0.2, -0.15) is 0 Å². The van der Waals surface area contributed by atoms with Gasteiger partial charge in [-0.05, 0) is 13.8 Å². The van der Waals surface area contributed by atoms with E-state index in [9.17, 15) is 9.59 Å². The van der Waals surface area contributed by atoms with E-state index >= 15 is 0 Å². The Morgan fingerprint density at radius 1 is 1.35 bits per heavy atom. The molecule has 2 rings (SSSR count). The van der Waals surface area contributed by atoms with E-state index in [1.165, 1.54) is 18.9 Å². The highest BCUT2D eigenvalue weighted by Gasteiger charge is 2.13. The highest BCUT2D eigenvalue weighted by Crippen LogP contribution is 2.18. The number of ether oxygens (including phenoxy) is 1. The van der Waals surface area contributed by atoms with Crippen LogP contribution >= 0.6 is 11.8 Å². The van der Waals surface area contributed by atoms with Gasteiger partial charge < -0.3 is 10.1 Å². The van der Waals surface area contributed by atoms with Crippen molar-refractivity contribution in [1.82, 2.24) is 30.2 Å². The number of rotatable bonds is 6. The summed E-state index contributed by atoms with van der Waals surface area (Å²) in [6.45, 7) is 4.44. The number of carbonyl (C=O) groups excluding carboxylic acids is 2. The van der Waals surface area contributed by atoms with Gasteiger partial charge in [0.15, 0.2) is 10.8 Å². The third-order valence-electron chi connectivity index (χ3n) is 2.84. The van der Waals surface area contributed by atoms with Crippen molar-refractivity contribution in [3.05, 3.63) is 17.6 Å². The number of nitrogens with one attached hydrogen (secondary N) is 2. The summed E-state index contributed by atoms with van der Waals surface area (Å²) in [5, 5.41) is 13.4. The highest BCUT2D eigenvalue weighted by molar-refractivity contribution is 7.99. The molecular formula is C13H18N6O3S. The van der Waals surface area contributed by atoms with Gasteiger partial charge in [0.2, 0.25) is 5.91 Å². The fourth-order valence-corrected chi connectivity index (χ4v) is 2.69. The molecule has 0 aromatic carbocycles. The smallest absolute Gasteiger partial charge is 0.321 e. The van der Waals surface area contributed by atoms with Gasteiger partial charge in [-0.25, -0.2) is 9.78 Å². The number of imide groups is 1. The molecule has 0 aliphatic heterocycles. The van der Waals surface area contributed by atoms with Crippen LogP contribution in [0.2, 0.25) is 0 Å². The fourth-order valence-electron chi connectivity index (χ4n) is 1.90. The lowest BCUT2D eigenvalue weighted by Crippen LogP contribution is -2.41. The summed E-state index contributed by atoms with van der Waals surface area (Å²) < 4.78 is 6.57. The first-order valence-electron chi connectivity index (χ1n) is 6.90. The lowest BCUT2D eigenvalue weighted by atomic mass is 10.4. The molecule has 0 saturated heterocycles. The highest BCUT2D eigenvalue weighted by atomic mass is 32.2. The summed E-state index contributed by atoms with van der Waals surface area (Å²) >= 11 is 1.19. The predicted octanol–water partition coefficient (Wildman–Crippen LogP) is 0.305. The topological polar surface area (TPSA) is 111 Å². The van der Waals surface area contributed by atoms with Crippen molar-refractivity contribution in [2.45, 2.75) is 19.0 Å². The number of urea groups is 1. The van der Waals surface area contributed by atoms with E-state index in [-0.39, 0.29) is 5.75 Å². The van der Waals surface area contributed by atoms with E-state index < -0.39 is 11.9 Å². The van der Waals surface area contributed by atoms with Crippen LogP contribution in [0.25, 0.3) is 5.65 Å². The number of amides is 3. The molecule has 2 aromatic heterocycles. The maximum absolute atomic E-state index is 11.8. The molecule has 2 N–H and O–H groups in total. The minimum absolute atomic E-state index is 0.0474. The Bertz CT molecular complexity index is 717. The number of hydrogen-bond donors (Lipinski definition) is 2. The van der Waals surface area contributed by atoms with Gasteiger partial charge in [0.05, 0.1) is 12.4 Å². The monoisotopic (exact) mass is 338 g/mol. The summed E-state index contributed by atoms with van der Waals surface area (Å²) in [7, 11) is 1.53. The molecule has 0 saturated carbocycles. The van der Waals surface area contributed by atoms with Crippen LogP contribution in [-0.2, 0) is 9.53 Å². The Balaban J connectivity index is 1.91.